The van der Waals surface area contributed by atoms with Crippen molar-refractivity contribution in [2.75, 3.05) is 31.1 Å². The Kier molecular flexibility index (Phi) is 11.7. The molecule has 0 aliphatic carbocycles. The third-order valence-electron chi connectivity index (χ3n) is 6.79. The minimum Gasteiger partial charge on any atom is -0.481 e. The van der Waals surface area contributed by atoms with Crippen molar-refractivity contribution >= 4 is 29.9 Å². The van der Waals surface area contributed by atoms with Crippen LogP contribution in [0.1, 0.15) is 55.6 Å². The van der Waals surface area contributed by atoms with E-state index in [9.17, 15) is 23.6 Å². The molecule has 2 atom stereocenters. The molecule has 1 aliphatic heterocycles. The number of amides is 1. The predicted molar refractivity (Wildman–Crippen MR) is 165 cm³/mol. The molecule has 14 heteroatoms. The highest BCUT2D eigenvalue weighted by molar-refractivity contribution is 5.92. The van der Waals surface area contributed by atoms with Crippen molar-refractivity contribution in [2.24, 2.45) is 5.73 Å². The first-order valence-corrected chi connectivity index (χ1v) is 14.4. The number of esters is 1. The zero-order valence-electron chi connectivity index (χ0n) is 26.1. The van der Waals surface area contributed by atoms with Crippen LogP contribution in [0, 0.1) is 5.82 Å². The quantitative estimate of drug-likeness (QED) is 0.304. The van der Waals surface area contributed by atoms with Gasteiger partial charge in [0.15, 0.2) is 0 Å². The SMILES string of the molecule is CC(C)(C)OC(=O)N1CCN(c2ncc(C(C)(N)c3ccc(F)cc3)cn2)CC1.O=C(O)CC(OC(=O)c1ccccc1)C(=O)O. The second-order valence-corrected chi connectivity index (χ2v) is 11.6. The molecule has 4 rings (SSSR count). The van der Waals surface area contributed by atoms with E-state index in [4.69, 9.17) is 20.7 Å². The molecule has 0 bridgehead atoms. The maximum Gasteiger partial charge on any atom is 0.410 e. The van der Waals surface area contributed by atoms with Crippen LogP contribution in [0.4, 0.5) is 15.1 Å². The first-order valence-electron chi connectivity index (χ1n) is 14.4. The predicted octanol–water partition coefficient (Wildman–Crippen LogP) is 3.67. The summed E-state index contributed by atoms with van der Waals surface area (Å²) in [6.45, 7) is 9.74. The molecular formula is C32H38FN5O8. The van der Waals surface area contributed by atoms with Gasteiger partial charge in [-0.25, -0.2) is 28.7 Å². The highest BCUT2D eigenvalue weighted by Gasteiger charge is 2.29. The van der Waals surface area contributed by atoms with Crippen LogP contribution in [0.3, 0.4) is 0 Å². The number of nitrogens with zero attached hydrogens (tertiary/aromatic N) is 4. The van der Waals surface area contributed by atoms with Crippen molar-refractivity contribution in [3.63, 3.8) is 0 Å². The molecule has 2 aromatic carbocycles. The van der Waals surface area contributed by atoms with E-state index in [-0.39, 0.29) is 17.5 Å². The third kappa shape index (κ3) is 10.2. The van der Waals surface area contributed by atoms with Gasteiger partial charge in [0, 0.05) is 44.1 Å². The van der Waals surface area contributed by atoms with Gasteiger partial charge in [0.2, 0.25) is 12.1 Å². The van der Waals surface area contributed by atoms with Gasteiger partial charge in [-0.2, -0.15) is 0 Å². The van der Waals surface area contributed by atoms with Crippen molar-refractivity contribution in [3.8, 4) is 0 Å². The molecule has 1 saturated heterocycles. The van der Waals surface area contributed by atoms with Crippen LogP contribution in [-0.2, 0) is 24.6 Å². The summed E-state index contributed by atoms with van der Waals surface area (Å²) in [4.78, 5) is 57.3. The Balaban J connectivity index is 0.000000289. The molecule has 4 N–H and O–H groups in total. The Hall–Kier alpha value is -5.11. The number of carbonyl (C=O) groups excluding carboxylic acids is 2. The lowest BCUT2D eigenvalue weighted by atomic mass is 9.87. The van der Waals surface area contributed by atoms with Gasteiger partial charge in [-0.05, 0) is 57.5 Å². The molecule has 2 unspecified atom stereocenters. The minimum atomic E-state index is -1.68. The number of piperazine rings is 1. The van der Waals surface area contributed by atoms with E-state index in [0.29, 0.717) is 32.1 Å². The molecule has 1 aliphatic rings. The molecule has 246 valence electrons. The summed E-state index contributed by atoms with van der Waals surface area (Å²) in [5.74, 6) is -3.41. The zero-order valence-corrected chi connectivity index (χ0v) is 26.1. The van der Waals surface area contributed by atoms with Crippen LogP contribution < -0.4 is 10.6 Å². The maximum atomic E-state index is 13.2. The van der Waals surface area contributed by atoms with Crippen LogP contribution in [0.5, 0.6) is 0 Å². The van der Waals surface area contributed by atoms with E-state index in [1.54, 1.807) is 47.6 Å². The topological polar surface area (TPSA) is 185 Å². The molecule has 13 nitrogen and oxygen atoms in total. The summed E-state index contributed by atoms with van der Waals surface area (Å²) in [6.07, 6.45) is 0.651. The van der Waals surface area contributed by atoms with Crippen molar-refractivity contribution in [1.82, 2.24) is 14.9 Å². The number of carboxylic acids is 2. The number of benzene rings is 2. The molecule has 0 spiro atoms. The average molecular weight is 640 g/mol. The van der Waals surface area contributed by atoms with Gasteiger partial charge >= 0.3 is 24.0 Å². The van der Waals surface area contributed by atoms with Crippen molar-refractivity contribution < 1.29 is 43.3 Å². The fourth-order valence-electron chi connectivity index (χ4n) is 4.24. The number of nitrogens with two attached hydrogens (primary N) is 1. The van der Waals surface area contributed by atoms with Gasteiger partial charge in [-0.15, -0.1) is 0 Å². The molecule has 0 saturated carbocycles. The van der Waals surface area contributed by atoms with E-state index in [2.05, 4.69) is 14.7 Å². The first-order chi connectivity index (χ1) is 21.6. The lowest BCUT2D eigenvalue weighted by Gasteiger charge is -2.35. The van der Waals surface area contributed by atoms with Gasteiger partial charge in [0.25, 0.3) is 0 Å². The summed E-state index contributed by atoms with van der Waals surface area (Å²) >= 11 is 0. The number of carboxylic acid groups (broad SMARTS) is 2. The summed E-state index contributed by atoms with van der Waals surface area (Å²) in [6, 6.07) is 13.9. The standard InChI is InChI=1S/C21H28FN5O2.C11H10O6/c1-20(2,3)29-19(28)27-11-9-26(10-12-27)18-24-13-16(14-25-18)21(4,23)15-5-7-17(22)8-6-15;12-9(13)6-8(10(14)15)17-11(16)7-4-2-1-3-5-7/h5-8,13-14H,9-12,23H2,1-4H3;1-5,8H,6H2,(H,12,13)(H,14,15). The molecule has 3 aromatic rings. The summed E-state index contributed by atoms with van der Waals surface area (Å²) < 4.78 is 23.2. The van der Waals surface area contributed by atoms with Crippen LogP contribution in [0.2, 0.25) is 0 Å². The first kappa shape index (κ1) is 35.4. The van der Waals surface area contributed by atoms with Crippen LogP contribution in [0.15, 0.2) is 67.0 Å². The van der Waals surface area contributed by atoms with Gasteiger partial charge in [0.05, 0.1) is 17.5 Å². The number of hydrogen-bond donors (Lipinski definition) is 3. The molecule has 46 heavy (non-hydrogen) atoms. The van der Waals surface area contributed by atoms with Gasteiger partial charge in [0.1, 0.15) is 11.4 Å². The van der Waals surface area contributed by atoms with Crippen molar-refractivity contribution in [2.45, 2.75) is 51.4 Å². The molecule has 2 heterocycles. The Morgan fingerprint density at radius 3 is 1.96 bits per heavy atom. The summed E-state index contributed by atoms with van der Waals surface area (Å²) in [5.41, 5.74) is 6.81. The lowest BCUT2D eigenvalue weighted by Crippen LogP contribution is -2.50. The van der Waals surface area contributed by atoms with Gasteiger partial charge in [-0.1, -0.05) is 30.3 Å². The Morgan fingerprint density at radius 1 is 0.891 bits per heavy atom. The number of anilines is 1. The van der Waals surface area contributed by atoms with Crippen molar-refractivity contribution in [3.05, 3.63) is 89.5 Å². The van der Waals surface area contributed by atoms with E-state index < -0.39 is 41.6 Å². The number of aliphatic carboxylic acids is 2. The molecule has 1 fully saturated rings. The largest absolute Gasteiger partial charge is 0.481 e. The van der Waals surface area contributed by atoms with Gasteiger partial charge in [-0.3, -0.25) is 4.79 Å². The molecule has 0 radical (unpaired) electrons. The molecule has 1 aromatic heterocycles. The maximum absolute atomic E-state index is 13.2. The fraction of sp³-hybridized carbons (Fsp3) is 0.375. The number of ether oxygens (including phenoxy) is 2. The number of aromatic nitrogens is 2. The Labute approximate surface area is 265 Å². The third-order valence-corrected chi connectivity index (χ3v) is 6.79. The van der Waals surface area contributed by atoms with Crippen molar-refractivity contribution in [1.29, 1.82) is 0 Å². The van der Waals surface area contributed by atoms with Crippen LogP contribution in [0.25, 0.3) is 0 Å². The average Bonchev–Trinajstić information content (AvgIpc) is 3.01. The van der Waals surface area contributed by atoms with Crippen LogP contribution in [-0.4, -0.2) is 87.0 Å². The number of hydrogen-bond acceptors (Lipinski definition) is 10. The normalized spacial score (nSPS) is 15.0. The molecule has 1 amide bonds. The highest BCUT2D eigenvalue weighted by Crippen LogP contribution is 2.26. The minimum absolute atomic E-state index is 0.170. The number of rotatable bonds is 8. The summed E-state index contributed by atoms with van der Waals surface area (Å²) in [5, 5.41) is 17.1. The van der Waals surface area contributed by atoms with E-state index in [0.717, 1.165) is 11.1 Å². The van der Waals surface area contributed by atoms with Gasteiger partial charge < -0.3 is 35.2 Å². The fourth-order valence-corrected chi connectivity index (χ4v) is 4.24. The molecular weight excluding hydrogens is 601 g/mol. The highest BCUT2D eigenvalue weighted by atomic mass is 19.1. The summed E-state index contributed by atoms with van der Waals surface area (Å²) in [7, 11) is 0. The smallest absolute Gasteiger partial charge is 0.410 e. The number of carbonyl (C=O) groups is 4. The zero-order chi connectivity index (χ0) is 34.1. The van der Waals surface area contributed by atoms with E-state index >= 15 is 0 Å². The van der Waals surface area contributed by atoms with Crippen LogP contribution >= 0.6 is 0 Å². The van der Waals surface area contributed by atoms with E-state index in [1.165, 1.54) is 24.3 Å². The number of halogens is 1. The second kappa shape index (κ2) is 15.3. The van der Waals surface area contributed by atoms with E-state index in [1.807, 2.05) is 32.6 Å². The monoisotopic (exact) mass is 639 g/mol. The second-order valence-electron chi connectivity index (χ2n) is 11.6. The lowest BCUT2D eigenvalue weighted by molar-refractivity contribution is -0.153. The Morgan fingerprint density at radius 2 is 1.46 bits per heavy atom. The Bertz CT molecular complexity index is 1490.